The van der Waals surface area contributed by atoms with E-state index in [4.69, 9.17) is 0 Å². The number of piperidine rings is 1. The average molecular weight is 496 g/mol. The molecule has 0 radical (unpaired) electrons. The molecule has 1 atom stereocenters. The first-order valence-corrected chi connectivity index (χ1v) is 14.0. The van der Waals surface area contributed by atoms with Crippen molar-refractivity contribution in [1.29, 1.82) is 0 Å². The summed E-state index contributed by atoms with van der Waals surface area (Å²) >= 11 is 0. The van der Waals surface area contributed by atoms with Crippen LogP contribution in [-0.4, -0.2) is 43.7 Å². The number of anilines is 2. The quantitative estimate of drug-likeness (QED) is 0.676. The van der Waals surface area contributed by atoms with Gasteiger partial charge in [0.2, 0.25) is 21.8 Å². The molecule has 2 aromatic rings. The Morgan fingerprint density at radius 1 is 0.971 bits per heavy atom. The van der Waals surface area contributed by atoms with E-state index in [1.165, 1.54) is 4.31 Å². The summed E-state index contributed by atoms with van der Waals surface area (Å²) in [6, 6.07) is 12.8. The van der Waals surface area contributed by atoms with Crippen molar-refractivity contribution in [3.8, 4) is 0 Å². The van der Waals surface area contributed by atoms with Crippen molar-refractivity contribution in [2.75, 3.05) is 23.3 Å². The Bertz CT molecular complexity index is 1250. The smallest absolute Gasteiger partial charge is 0.243 e. The van der Waals surface area contributed by atoms with Crippen LogP contribution in [-0.2, 0) is 26.0 Å². The predicted molar refractivity (Wildman–Crippen MR) is 136 cm³/mol. The fraction of sp³-hybridized carbons (Fsp3) is 0.481. The zero-order valence-electron chi connectivity index (χ0n) is 20.4. The number of carbonyl (C=O) groups is 2. The Morgan fingerprint density at radius 2 is 1.69 bits per heavy atom. The van der Waals surface area contributed by atoms with Crippen molar-refractivity contribution >= 4 is 33.2 Å². The molecule has 2 amide bonds. The lowest BCUT2D eigenvalue weighted by atomic mass is 9.84. The highest BCUT2D eigenvalue weighted by molar-refractivity contribution is 7.89. The average Bonchev–Trinajstić information content (AvgIpc) is 3.14. The first-order chi connectivity index (χ1) is 16.8. The zero-order chi connectivity index (χ0) is 24.7. The standard InChI is InChI=1S/C27H33N3O4S/c1-18-6-3-4-9-24(18)28-26(31)20-12-14-29(15-13-20)35(33,34)23-10-11-25-22(17-23)16-19(2)30(25)27(32)21-7-5-8-21/h3-4,6,9-11,17,19-21H,5,7-8,12-16H2,1-2H3,(H,28,31). The summed E-state index contributed by atoms with van der Waals surface area (Å²) in [5.41, 5.74) is 3.56. The minimum Gasteiger partial charge on any atom is -0.326 e. The third-order valence-corrected chi connectivity index (χ3v) is 9.72. The molecule has 2 fully saturated rings. The molecule has 7 nitrogen and oxygen atoms in total. The summed E-state index contributed by atoms with van der Waals surface area (Å²) in [7, 11) is -3.67. The first-order valence-electron chi connectivity index (χ1n) is 12.6. The summed E-state index contributed by atoms with van der Waals surface area (Å²) in [5.74, 6) is 0.00681. The molecule has 1 N–H and O–H groups in total. The van der Waals surface area contributed by atoms with Gasteiger partial charge in [-0.05, 0) is 81.3 Å². The lowest BCUT2D eigenvalue weighted by Crippen LogP contribution is -2.42. The molecule has 0 aromatic heterocycles. The number of hydrogen-bond donors (Lipinski definition) is 1. The molecule has 1 saturated heterocycles. The van der Waals surface area contributed by atoms with Crippen LogP contribution < -0.4 is 10.2 Å². The van der Waals surface area contributed by atoms with Crippen LogP contribution in [0.4, 0.5) is 11.4 Å². The summed E-state index contributed by atoms with van der Waals surface area (Å²) in [6.07, 6.45) is 4.64. The van der Waals surface area contributed by atoms with Crippen LogP contribution in [0.2, 0.25) is 0 Å². The Balaban J connectivity index is 1.25. The van der Waals surface area contributed by atoms with Gasteiger partial charge in [0.25, 0.3) is 0 Å². The molecular formula is C27H33N3O4S. The SMILES string of the molecule is Cc1ccccc1NC(=O)C1CCN(S(=O)(=O)c2ccc3c(c2)CC(C)N3C(=O)C2CCC2)CC1. The Labute approximate surface area is 207 Å². The second kappa shape index (κ2) is 9.39. The lowest BCUT2D eigenvalue weighted by molar-refractivity contribution is -0.125. The molecule has 0 spiro atoms. The fourth-order valence-corrected chi connectivity index (χ4v) is 6.93. The van der Waals surface area contributed by atoms with E-state index in [1.54, 1.807) is 18.2 Å². The third-order valence-electron chi connectivity index (χ3n) is 7.82. The predicted octanol–water partition coefficient (Wildman–Crippen LogP) is 4.11. The van der Waals surface area contributed by atoms with Gasteiger partial charge >= 0.3 is 0 Å². The minimum atomic E-state index is -3.67. The molecule has 1 unspecified atom stereocenters. The van der Waals surface area contributed by atoms with E-state index in [0.717, 1.165) is 41.8 Å². The highest BCUT2D eigenvalue weighted by Crippen LogP contribution is 2.39. The van der Waals surface area contributed by atoms with Crippen LogP contribution in [0.1, 0.15) is 50.2 Å². The Morgan fingerprint density at radius 3 is 2.34 bits per heavy atom. The fourth-order valence-electron chi connectivity index (χ4n) is 5.41. The van der Waals surface area contributed by atoms with E-state index in [2.05, 4.69) is 5.32 Å². The van der Waals surface area contributed by atoms with Crippen LogP contribution in [0.3, 0.4) is 0 Å². The van der Waals surface area contributed by atoms with Crippen molar-refractivity contribution < 1.29 is 18.0 Å². The van der Waals surface area contributed by atoms with Crippen molar-refractivity contribution in [3.05, 3.63) is 53.6 Å². The number of carbonyl (C=O) groups excluding carboxylic acids is 2. The largest absolute Gasteiger partial charge is 0.326 e. The van der Waals surface area contributed by atoms with Gasteiger partial charge < -0.3 is 10.2 Å². The van der Waals surface area contributed by atoms with Crippen LogP contribution in [0.5, 0.6) is 0 Å². The highest BCUT2D eigenvalue weighted by Gasteiger charge is 2.38. The van der Waals surface area contributed by atoms with E-state index in [0.29, 0.717) is 32.4 Å². The number of nitrogens with one attached hydrogen (secondary N) is 1. The number of rotatable bonds is 5. The molecule has 2 aliphatic heterocycles. The topological polar surface area (TPSA) is 86.8 Å². The van der Waals surface area contributed by atoms with Gasteiger partial charge in [-0.2, -0.15) is 4.31 Å². The monoisotopic (exact) mass is 495 g/mol. The molecule has 3 aliphatic rings. The molecular weight excluding hydrogens is 462 g/mol. The summed E-state index contributed by atoms with van der Waals surface area (Å²) in [5, 5.41) is 2.99. The van der Waals surface area contributed by atoms with Gasteiger partial charge in [0.05, 0.1) is 4.90 Å². The van der Waals surface area contributed by atoms with E-state index >= 15 is 0 Å². The maximum Gasteiger partial charge on any atom is 0.243 e. The normalized spacial score (nSPS) is 21.4. The number of benzene rings is 2. The van der Waals surface area contributed by atoms with Gasteiger partial charge in [-0.25, -0.2) is 8.42 Å². The molecule has 0 bridgehead atoms. The minimum absolute atomic E-state index is 0.0403. The Kier molecular flexibility index (Phi) is 6.44. The van der Waals surface area contributed by atoms with Gasteiger partial charge in [0.15, 0.2) is 0 Å². The highest BCUT2D eigenvalue weighted by atomic mass is 32.2. The maximum absolute atomic E-state index is 13.4. The lowest BCUT2D eigenvalue weighted by Gasteiger charge is -2.32. The van der Waals surface area contributed by atoms with Crippen molar-refractivity contribution in [2.45, 2.75) is 63.3 Å². The number of nitrogens with zero attached hydrogens (tertiary/aromatic N) is 2. The summed E-state index contributed by atoms with van der Waals surface area (Å²) < 4.78 is 28.3. The molecule has 1 saturated carbocycles. The van der Waals surface area contributed by atoms with Gasteiger partial charge in [-0.15, -0.1) is 0 Å². The van der Waals surface area contributed by atoms with E-state index < -0.39 is 10.0 Å². The van der Waals surface area contributed by atoms with Crippen LogP contribution in [0.15, 0.2) is 47.4 Å². The van der Waals surface area contributed by atoms with Gasteiger partial charge in [-0.3, -0.25) is 9.59 Å². The van der Waals surface area contributed by atoms with Gasteiger partial charge in [0.1, 0.15) is 0 Å². The first kappa shape index (κ1) is 24.0. The van der Waals surface area contributed by atoms with Crippen molar-refractivity contribution in [2.24, 2.45) is 11.8 Å². The maximum atomic E-state index is 13.4. The number of sulfonamides is 1. The molecule has 2 aromatic carbocycles. The number of fused-ring (bicyclic) bond motifs is 1. The second-order valence-corrected chi connectivity index (χ2v) is 12.1. The summed E-state index contributed by atoms with van der Waals surface area (Å²) in [4.78, 5) is 27.8. The van der Waals surface area contributed by atoms with Gasteiger partial charge in [0, 0.05) is 42.3 Å². The molecule has 35 heavy (non-hydrogen) atoms. The van der Waals surface area contributed by atoms with Crippen molar-refractivity contribution in [1.82, 2.24) is 4.31 Å². The van der Waals surface area contributed by atoms with Crippen LogP contribution in [0, 0.1) is 18.8 Å². The van der Waals surface area contributed by atoms with E-state index in [-0.39, 0.29) is 34.6 Å². The number of aryl methyl sites for hydroxylation is 1. The molecule has 186 valence electrons. The molecule has 5 rings (SSSR count). The molecule has 2 heterocycles. The summed E-state index contributed by atoms with van der Waals surface area (Å²) in [6.45, 7) is 4.60. The molecule has 1 aliphatic carbocycles. The molecule has 8 heteroatoms. The van der Waals surface area contributed by atoms with E-state index in [1.807, 2.05) is 43.0 Å². The zero-order valence-corrected chi connectivity index (χ0v) is 21.2. The number of amides is 2. The van der Waals surface area contributed by atoms with Gasteiger partial charge in [-0.1, -0.05) is 24.6 Å². The van der Waals surface area contributed by atoms with Crippen molar-refractivity contribution in [3.63, 3.8) is 0 Å². The Hall–Kier alpha value is -2.71. The van der Waals surface area contributed by atoms with Crippen LogP contribution in [0.25, 0.3) is 0 Å². The third kappa shape index (κ3) is 4.49. The second-order valence-electron chi connectivity index (χ2n) is 10.2. The van der Waals surface area contributed by atoms with E-state index in [9.17, 15) is 18.0 Å². The number of para-hydroxylation sites is 1. The van der Waals surface area contributed by atoms with Crippen LogP contribution >= 0.6 is 0 Å². The number of hydrogen-bond acceptors (Lipinski definition) is 4.